The number of aromatic nitrogens is 2. The van der Waals surface area contributed by atoms with Crippen molar-refractivity contribution < 1.29 is 19.1 Å². The largest absolute Gasteiger partial charge is 0.478 e. The molecule has 34 heavy (non-hydrogen) atoms. The molecule has 2 aromatic carbocycles. The molecule has 1 amide bonds. The minimum Gasteiger partial charge on any atom is -0.478 e. The van der Waals surface area contributed by atoms with E-state index in [0.717, 1.165) is 36.9 Å². The van der Waals surface area contributed by atoms with E-state index in [2.05, 4.69) is 15.1 Å². The highest BCUT2D eigenvalue weighted by atomic mass is 16.4. The van der Waals surface area contributed by atoms with Crippen LogP contribution in [-0.4, -0.2) is 56.6 Å². The summed E-state index contributed by atoms with van der Waals surface area (Å²) in [6.45, 7) is 4.65. The SMILES string of the molecule is Cc1nnc(C2CC3(CCN(C(=O)c4ccccc4)CC3)CN2Cc2cccc(C(=O)O)c2)o1. The summed E-state index contributed by atoms with van der Waals surface area (Å²) in [5.74, 6) is 0.290. The lowest BCUT2D eigenvalue weighted by Crippen LogP contribution is -2.44. The van der Waals surface area contributed by atoms with Crippen molar-refractivity contribution >= 4 is 11.9 Å². The highest BCUT2D eigenvalue weighted by molar-refractivity contribution is 5.94. The monoisotopic (exact) mass is 460 g/mol. The van der Waals surface area contributed by atoms with Crippen LogP contribution in [0.25, 0.3) is 0 Å². The normalized spacial score (nSPS) is 20.0. The van der Waals surface area contributed by atoms with Crippen molar-refractivity contribution in [1.29, 1.82) is 0 Å². The number of aryl methyl sites for hydroxylation is 1. The van der Waals surface area contributed by atoms with Gasteiger partial charge in [0.2, 0.25) is 11.8 Å². The van der Waals surface area contributed by atoms with Gasteiger partial charge in [-0.05, 0) is 54.5 Å². The van der Waals surface area contributed by atoms with E-state index in [1.165, 1.54) is 0 Å². The fourth-order valence-corrected chi connectivity index (χ4v) is 5.35. The molecule has 0 bridgehead atoms. The Balaban J connectivity index is 1.34. The molecule has 1 N–H and O–H groups in total. The maximum absolute atomic E-state index is 12.9. The van der Waals surface area contributed by atoms with Crippen LogP contribution in [0.15, 0.2) is 59.0 Å². The predicted molar refractivity (Wildman–Crippen MR) is 124 cm³/mol. The molecule has 2 aliphatic heterocycles. The number of carbonyl (C=O) groups excluding carboxylic acids is 1. The number of rotatable bonds is 5. The van der Waals surface area contributed by atoms with Crippen molar-refractivity contribution in [3.05, 3.63) is 83.1 Å². The Hall–Kier alpha value is -3.52. The molecule has 1 spiro atoms. The minimum atomic E-state index is -0.931. The van der Waals surface area contributed by atoms with Gasteiger partial charge in [-0.25, -0.2) is 4.79 Å². The Morgan fingerprint density at radius 1 is 1.06 bits per heavy atom. The lowest BCUT2D eigenvalue weighted by molar-refractivity contribution is 0.0586. The van der Waals surface area contributed by atoms with Crippen LogP contribution in [0.5, 0.6) is 0 Å². The van der Waals surface area contributed by atoms with Crippen molar-refractivity contribution in [2.75, 3.05) is 19.6 Å². The number of nitrogens with zero attached hydrogens (tertiary/aromatic N) is 4. The molecule has 1 aromatic heterocycles. The van der Waals surface area contributed by atoms with Crippen LogP contribution in [0.3, 0.4) is 0 Å². The van der Waals surface area contributed by atoms with E-state index < -0.39 is 5.97 Å². The molecule has 5 rings (SSSR count). The summed E-state index contributed by atoms with van der Waals surface area (Å²) in [4.78, 5) is 28.6. The van der Waals surface area contributed by atoms with Crippen LogP contribution in [0, 0.1) is 12.3 Å². The molecule has 3 aromatic rings. The number of carboxylic acid groups (broad SMARTS) is 1. The average molecular weight is 461 g/mol. The standard InChI is InChI=1S/C26H28N4O4/c1-18-27-28-23(34-18)22-15-26(17-30(22)16-19-6-5-9-21(14-19)25(32)33)10-12-29(13-11-26)24(31)20-7-3-2-4-8-20/h2-9,14,22H,10-13,15-17H2,1H3,(H,32,33). The third kappa shape index (κ3) is 4.46. The Morgan fingerprint density at radius 3 is 2.47 bits per heavy atom. The van der Waals surface area contributed by atoms with Gasteiger partial charge in [-0.3, -0.25) is 9.69 Å². The Kier molecular flexibility index (Phi) is 5.91. The highest BCUT2D eigenvalue weighted by Crippen LogP contribution is 2.49. The zero-order chi connectivity index (χ0) is 23.7. The molecule has 176 valence electrons. The van der Waals surface area contributed by atoms with Crippen LogP contribution in [0.2, 0.25) is 0 Å². The van der Waals surface area contributed by atoms with Gasteiger partial charge in [0.25, 0.3) is 5.91 Å². The minimum absolute atomic E-state index is 0.0361. The smallest absolute Gasteiger partial charge is 0.335 e. The van der Waals surface area contributed by atoms with Crippen LogP contribution in [0.1, 0.15) is 63.4 Å². The molecule has 8 heteroatoms. The molecule has 1 atom stereocenters. The Morgan fingerprint density at radius 2 is 1.79 bits per heavy atom. The average Bonchev–Trinajstić information content (AvgIpc) is 3.43. The van der Waals surface area contributed by atoms with Gasteiger partial charge in [-0.1, -0.05) is 30.3 Å². The van der Waals surface area contributed by atoms with Gasteiger partial charge < -0.3 is 14.4 Å². The van der Waals surface area contributed by atoms with Gasteiger partial charge in [0.1, 0.15) is 0 Å². The van der Waals surface area contributed by atoms with E-state index in [1.54, 1.807) is 25.1 Å². The number of hydrogen-bond acceptors (Lipinski definition) is 6. The first-order valence-corrected chi connectivity index (χ1v) is 11.6. The summed E-state index contributed by atoms with van der Waals surface area (Å²) >= 11 is 0. The molecule has 2 saturated heterocycles. The number of carbonyl (C=O) groups is 2. The fourth-order valence-electron chi connectivity index (χ4n) is 5.35. The second-order valence-electron chi connectivity index (χ2n) is 9.45. The fraction of sp³-hybridized carbons (Fsp3) is 0.385. The first-order valence-electron chi connectivity index (χ1n) is 11.6. The molecule has 1 unspecified atom stereocenters. The van der Waals surface area contributed by atoms with Crippen LogP contribution >= 0.6 is 0 Å². The molecule has 0 saturated carbocycles. The number of piperidine rings is 1. The first-order chi connectivity index (χ1) is 16.4. The summed E-state index contributed by atoms with van der Waals surface area (Å²) in [5.41, 5.74) is 1.99. The van der Waals surface area contributed by atoms with Crippen molar-refractivity contribution in [2.45, 2.75) is 38.8 Å². The molecule has 8 nitrogen and oxygen atoms in total. The lowest BCUT2D eigenvalue weighted by Gasteiger charge is -2.39. The van der Waals surface area contributed by atoms with Gasteiger partial charge >= 0.3 is 5.97 Å². The van der Waals surface area contributed by atoms with Gasteiger partial charge in [-0.15, -0.1) is 10.2 Å². The second-order valence-corrected chi connectivity index (χ2v) is 9.45. The van der Waals surface area contributed by atoms with Crippen molar-refractivity contribution in [3.63, 3.8) is 0 Å². The van der Waals surface area contributed by atoms with Gasteiger partial charge in [-0.2, -0.15) is 0 Å². The van der Waals surface area contributed by atoms with E-state index >= 15 is 0 Å². The number of amides is 1. The summed E-state index contributed by atoms with van der Waals surface area (Å²) in [6, 6.07) is 16.5. The summed E-state index contributed by atoms with van der Waals surface area (Å²) < 4.78 is 5.83. The number of aromatic carboxylic acids is 1. The molecular weight excluding hydrogens is 432 g/mol. The van der Waals surface area contributed by atoms with E-state index in [1.807, 2.05) is 41.3 Å². The molecule has 3 heterocycles. The quantitative estimate of drug-likeness (QED) is 0.615. The number of benzene rings is 2. The molecule has 2 aliphatic rings. The number of hydrogen-bond donors (Lipinski definition) is 1. The maximum atomic E-state index is 12.9. The van der Waals surface area contributed by atoms with E-state index in [4.69, 9.17) is 4.42 Å². The third-order valence-electron chi connectivity index (χ3n) is 7.12. The second kappa shape index (κ2) is 9.02. The zero-order valence-electron chi connectivity index (χ0n) is 19.2. The Labute approximate surface area is 198 Å². The van der Waals surface area contributed by atoms with Gasteiger partial charge in [0.15, 0.2) is 0 Å². The third-order valence-corrected chi connectivity index (χ3v) is 7.12. The maximum Gasteiger partial charge on any atom is 0.335 e. The van der Waals surface area contributed by atoms with Crippen LogP contribution in [-0.2, 0) is 6.54 Å². The molecule has 0 aliphatic carbocycles. The summed E-state index contributed by atoms with van der Waals surface area (Å²) in [5, 5.41) is 17.7. The topological polar surface area (TPSA) is 99.8 Å². The van der Waals surface area contributed by atoms with Crippen molar-refractivity contribution in [1.82, 2.24) is 20.0 Å². The lowest BCUT2D eigenvalue weighted by atomic mass is 9.76. The van der Waals surface area contributed by atoms with E-state index in [9.17, 15) is 14.7 Å². The van der Waals surface area contributed by atoms with Crippen molar-refractivity contribution in [2.24, 2.45) is 5.41 Å². The Bertz CT molecular complexity index is 1180. The summed E-state index contributed by atoms with van der Waals surface area (Å²) in [7, 11) is 0. The summed E-state index contributed by atoms with van der Waals surface area (Å²) in [6.07, 6.45) is 2.68. The van der Waals surface area contributed by atoms with Crippen LogP contribution in [0.4, 0.5) is 0 Å². The molecular formula is C26H28N4O4. The zero-order valence-corrected chi connectivity index (χ0v) is 19.2. The van der Waals surface area contributed by atoms with Crippen molar-refractivity contribution in [3.8, 4) is 0 Å². The molecule has 2 fully saturated rings. The van der Waals surface area contributed by atoms with Crippen LogP contribution < -0.4 is 0 Å². The predicted octanol–water partition coefficient (Wildman–Crippen LogP) is 3.95. The first kappa shape index (κ1) is 22.3. The number of carboxylic acids is 1. The number of likely N-dealkylation sites (tertiary alicyclic amines) is 2. The van der Waals surface area contributed by atoms with E-state index in [0.29, 0.717) is 31.4 Å². The molecule has 0 radical (unpaired) electrons. The van der Waals surface area contributed by atoms with Gasteiger partial charge in [0, 0.05) is 38.7 Å². The van der Waals surface area contributed by atoms with Gasteiger partial charge in [0.05, 0.1) is 11.6 Å². The van der Waals surface area contributed by atoms with E-state index in [-0.39, 0.29) is 22.9 Å². The highest BCUT2D eigenvalue weighted by Gasteiger charge is 2.48.